The Kier molecular flexibility index (Phi) is 7.31. The average molecular weight is 509 g/mol. The molecular formula is C25H31F3N4O4. The monoisotopic (exact) mass is 508 g/mol. The van der Waals surface area contributed by atoms with Crippen LogP contribution in [0.1, 0.15) is 43.9 Å². The van der Waals surface area contributed by atoms with E-state index in [0.29, 0.717) is 25.4 Å². The largest absolute Gasteiger partial charge is 0.416 e. The van der Waals surface area contributed by atoms with Gasteiger partial charge in [-0.2, -0.15) is 13.2 Å². The number of hydrogen-bond acceptors (Lipinski definition) is 4. The van der Waals surface area contributed by atoms with Crippen LogP contribution in [0, 0.1) is 5.92 Å². The van der Waals surface area contributed by atoms with Crippen LogP contribution in [0.3, 0.4) is 0 Å². The van der Waals surface area contributed by atoms with Gasteiger partial charge < -0.3 is 19.9 Å². The number of halogens is 3. The van der Waals surface area contributed by atoms with Crippen LogP contribution in [-0.2, 0) is 20.5 Å². The first-order valence-electron chi connectivity index (χ1n) is 12.1. The second kappa shape index (κ2) is 10.1. The maximum atomic E-state index is 13.7. The number of rotatable bonds is 7. The van der Waals surface area contributed by atoms with Crippen molar-refractivity contribution < 1.29 is 32.3 Å². The molecule has 196 valence electrons. The summed E-state index contributed by atoms with van der Waals surface area (Å²) in [7, 11) is 1.46. The first-order chi connectivity index (χ1) is 17.0. The van der Waals surface area contributed by atoms with Gasteiger partial charge in [-0.3, -0.25) is 14.5 Å². The van der Waals surface area contributed by atoms with Crippen LogP contribution in [0.4, 0.5) is 18.0 Å². The lowest BCUT2D eigenvalue weighted by Gasteiger charge is -2.32. The lowest BCUT2D eigenvalue weighted by Crippen LogP contribution is -2.46. The third kappa shape index (κ3) is 5.21. The van der Waals surface area contributed by atoms with Gasteiger partial charge in [-0.15, -0.1) is 0 Å². The van der Waals surface area contributed by atoms with Crippen LogP contribution >= 0.6 is 0 Å². The molecule has 4 amide bonds. The summed E-state index contributed by atoms with van der Waals surface area (Å²) < 4.78 is 46.9. The summed E-state index contributed by atoms with van der Waals surface area (Å²) in [5, 5.41) is 2.54. The van der Waals surface area contributed by atoms with Crippen molar-refractivity contribution >= 4 is 17.8 Å². The van der Waals surface area contributed by atoms with Crippen molar-refractivity contribution in [1.82, 2.24) is 20.0 Å². The fourth-order valence-electron chi connectivity index (χ4n) is 5.01. The number of likely N-dealkylation sites (N-methyl/N-ethyl adjacent to an activating group) is 1. The molecule has 0 unspecified atom stereocenters. The maximum absolute atomic E-state index is 13.7. The first-order valence-corrected chi connectivity index (χ1v) is 12.1. The highest BCUT2D eigenvalue weighted by atomic mass is 19.4. The van der Waals surface area contributed by atoms with Crippen molar-refractivity contribution in [2.75, 3.05) is 39.8 Å². The van der Waals surface area contributed by atoms with Gasteiger partial charge in [0, 0.05) is 26.7 Å². The lowest BCUT2D eigenvalue weighted by molar-refractivity contribution is -0.139. The van der Waals surface area contributed by atoms with Gasteiger partial charge in [-0.05, 0) is 30.4 Å². The normalized spacial score (nSPS) is 22.4. The second-order valence-electron chi connectivity index (χ2n) is 9.88. The summed E-state index contributed by atoms with van der Waals surface area (Å²) in [6.45, 7) is 5.29. The summed E-state index contributed by atoms with van der Waals surface area (Å²) in [6.07, 6.45) is -2.92. The molecule has 3 aliphatic heterocycles. The Balaban J connectivity index is 1.59. The molecule has 0 radical (unpaired) electrons. The van der Waals surface area contributed by atoms with Gasteiger partial charge >= 0.3 is 12.2 Å². The molecule has 1 aromatic rings. The van der Waals surface area contributed by atoms with Crippen molar-refractivity contribution in [3.8, 4) is 0 Å². The fourth-order valence-corrected chi connectivity index (χ4v) is 5.01. The number of carbonyl (C=O) groups is 3. The van der Waals surface area contributed by atoms with E-state index >= 15 is 0 Å². The number of benzene rings is 1. The molecule has 1 fully saturated rings. The minimum Gasteiger partial charge on any atom is -0.376 e. The maximum Gasteiger partial charge on any atom is 0.416 e. The molecule has 36 heavy (non-hydrogen) atoms. The highest BCUT2D eigenvalue weighted by molar-refractivity contribution is 6.03. The predicted octanol–water partition coefficient (Wildman–Crippen LogP) is 3.16. The number of urea groups is 1. The van der Waals surface area contributed by atoms with E-state index in [1.54, 1.807) is 4.90 Å². The quantitative estimate of drug-likeness (QED) is 0.614. The Hall–Kier alpha value is -3.08. The van der Waals surface area contributed by atoms with E-state index in [9.17, 15) is 27.6 Å². The number of nitrogens with one attached hydrogen (secondary N) is 1. The number of hydrogen-bond donors (Lipinski definition) is 1. The first kappa shape index (κ1) is 26.0. The molecule has 3 heterocycles. The Morgan fingerprint density at radius 2 is 1.97 bits per heavy atom. The summed E-state index contributed by atoms with van der Waals surface area (Å²) in [4.78, 5) is 43.6. The molecule has 0 aromatic heterocycles. The van der Waals surface area contributed by atoms with Crippen LogP contribution in [0.15, 0.2) is 35.5 Å². The van der Waals surface area contributed by atoms with E-state index in [1.165, 1.54) is 35.0 Å². The zero-order chi connectivity index (χ0) is 26.2. The minimum atomic E-state index is -4.66. The molecule has 11 heteroatoms. The van der Waals surface area contributed by atoms with Crippen LogP contribution in [0.5, 0.6) is 0 Å². The van der Waals surface area contributed by atoms with E-state index in [0.717, 1.165) is 18.9 Å². The topological polar surface area (TPSA) is 82.2 Å². The molecule has 1 N–H and O–H groups in total. The molecule has 1 aromatic carbocycles. The van der Waals surface area contributed by atoms with E-state index in [-0.39, 0.29) is 42.2 Å². The predicted molar refractivity (Wildman–Crippen MR) is 124 cm³/mol. The van der Waals surface area contributed by atoms with Crippen LogP contribution in [0.2, 0.25) is 0 Å². The number of alkyl halides is 3. The summed E-state index contributed by atoms with van der Waals surface area (Å²) in [5.74, 6) is -0.623. The molecule has 0 spiro atoms. The van der Waals surface area contributed by atoms with Crippen molar-refractivity contribution in [3.63, 3.8) is 0 Å². The van der Waals surface area contributed by atoms with E-state index in [2.05, 4.69) is 5.32 Å². The third-order valence-corrected chi connectivity index (χ3v) is 6.72. The molecule has 0 saturated carbocycles. The van der Waals surface area contributed by atoms with Gasteiger partial charge in [0.15, 0.2) is 0 Å². The van der Waals surface area contributed by atoms with E-state index in [1.807, 2.05) is 13.8 Å². The molecule has 4 rings (SSSR count). The van der Waals surface area contributed by atoms with Crippen LogP contribution in [-0.4, -0.2) is 78.5 Å². The SMILES string of the molecule is CC(C)CN(C[C@@H]1CCCO1)C(=O)CN1CC2=C(C1=O)[C@H](c1ccccc1C(F)(F)F)NC(=O)N2C. The van der Waals surface area contributed by atoms with E-state index in [4.69, 9.17) is 4.74 Å². The van der Waals surface area contributed by atoms with Crippen molar-refractivity contribution in [2.45, 2.75) is 45.0 Å². The van der Waals surface area contributed by atoms with Gasteiger partial charge in [0.25, 0.3) is 5.91 Å². The standard InChI is InChI=1S/C25H31F3N4O4/c1-15(2)11-31(12-16-7-6-10-36-16)20(33)14-32-13-19-21(23(32)34)22(29-24(35)30(19)3)17-8-4-5-9-18(17)25(26,27)28/h4-5,8-9,15-16,22H,6-7,10-14H2,1-3H3,(H,29,35)/t16-,22-/m0/s1. The van der Waals surface area contributed by atoms with Crippen molar-refractivity contribution in [1.29, 1.82) is 0 Å². The van der Waals surface area contributed by atoms with Gasteiger partial charge in [0.2, 0.25) is 5.91 Å². The fraction of sp³-hybridized carbons (Fsp3) is 0.560. The molecule has 2 atom stereocenters. The summed E-state index contributed by atoms with van der Waals surface area (Å²) in [6, 6.07) is 3.00. The number of amides is 4. The number of nitrogens with zero attached hydrogens (tertiary/aromatic N) is 3. The molecule has 0 bridgehead atoms. The Bertz CT molecular complexity index is 1070. The molecule has 8 nitrogen and oxygen atoms in total. The van der Waals surface area contributed by atoms with Crippen LogP contribution in [0.25, 0.3) is 0 Å². The van der Waals surface area contributed by atoms with Gasteiger partial charge in [0.05, 0.1) is 35.5 Å². The van der Waals surface area contributed by atoms with Crippen LogP contribution < -0.4 is 5.32 Å². The molecule has 1 saturated heterocycles. The summed E-state index contributed by atoms with van der Waals surface area (Å²) in [5.41, 5.74) is -0.779. The number of ether oxygens (including phenoxy) is 1. The minimum absolute atomic E-state index is 0.0377. The average Bonchev–Trinajstić information content (AvgIpc) is 3.43. The number of carbonyl (C=O) groups excluding carboxylic acids is 3. The lowest BCUT2D eigenvalue weighted by atomic mass is 9.92. The van der Waals surface area contributed by atoms with Gasteiger partial charge in [0.1, 0.15) is 6.54 Å². The Labute approximate surface area is 208 Å². The van der Waals surface area contributed by atoms with E-state index < -0.39 is 29.7 Å². The smallest absolute Gasteiger partial charge is 0.376 e. The zero-order valence-corrected chi connectivity index (χ0v) is 20.6. The third-order valence-electron chi connectivity index (χ3n) is 6.72. The Morgan fingerprint density at radius 1 is 1.25 bits per heavy atom. The molecule has 0 aliphatic carbocycles. The van der Waals surface area contributed by atoms with Crippen molar-refractivity contribution in [2.24, 2.45) is 5.92 Å². The molecular weight excluding hydrogens is 477 g/mol. The highest BCUT2D eigenvalue weighted by Gasteiger charge is 2.46. The second-order valence-corrected chi connectivity index (χ2v) is 9.88. The summed E-state index contributed by atoms with van der Waals surface area (Å²) >= 11 is 0. The van der Waals surface area contributed by atoms with Gasteiger partial charge in [-0.1, -0.05) is 32.0 Å². The van der Waals surface area contributed by atoms with Gasteiger partial charge in [-0.25, -0.2) is 4.79 Å². The Morgan fingerprint density at radius 3 is 2.61 bits per heavy atom. The molecule has 3 aliphatic rings. The highest BCUT2D eigenvalue weighted by Crippen LogP contribution is 2.41. The van der Waals surface area contributed by atoms with Crippen molar-refractivity contribution in [3.05, 3.63) is 46.7 Å². The zero-order valence-electron chi connectivity index (χ0n) is 20.6.